The summed E-state index contributed by atoms with van der Waals surface area (Å²) in [6, 6.07) is 61.2. The maximum absolute atomic E-state index is 10.2. The molecule has 0 saturated carbocycles. The van der Waals surface area contributed by atoms with Crippen LogP contribution in [0.4, 0.5) is 5.69 Å². The van der Waals surface area contributed by atoms with E-state index in [9.17, 15) is 5.26 Å². The van der Waals surface area contributed by atoms with Gasteiger partial charge in [0, 0.05) is 85.8 Å². The number of pyridine rings is 3. The normalized spacial score (nSPS) is 13.1. The molecule has 0 saturated heterocycles. The zero-order valence-corrected chi connectivity index (χ0v) is 36.5. The van der Waals surface area contributed by atoms with E-state index in [4.69, 9.17) is 21.3 Å². The Kier molecular flexibility index (Phi) is 7.38. The Hall–Kier alpha value is -9.83. The summed E-state index contributed by atoms with van der Waals surface area (Å²) >= 11 is 0. The smallest absolute Gasteiger partial charge is 0.188 e. The van der Waals surface area contributed by atoms with Crippen LogP contribution in [0.3, 0.4) is 0 Å². The van der Waals surface area contributed by atoms with E-state index < -0.39 is 5.41 Å². The second kappa shape index (κ2) is 13.6. The maximum atomic E-state index is 10.2. The Morgan fingerprint density at radius 3 is 1.64 bits per heavy atom. The van der Waals surface area contributed by atoms with Crippen LogP contribution in [0.2, 0.25) is 0 Å². The quantitative estimate of drug-likeness (QED) is 0.165. The Morgan fingerprint density at radius 1 is 0.464 bits per heavy atom. The van der Waals surface area contributed by atoms with Gasteiger partial charge in [-0.3, -0.25) is 15.0 Å². The number of para-hydroxylation sites is 2. The molecule has 13 aromatic rings. The maximum Gasteiger partial charge on any atom is 0.188 e. The fourth-order valence-electron chi connectivity index (χ4n) is 11.8. The van der Waals surface area contributed by atoms with E-state index in [2.05, 4.69) is 151 Å². The van der Waals surface area contributed by atoms with E-state index in [0.717, 1.165) is 122 Å². The number of aromatic nitrogens is 6. The number of hydrogen-bond acceptors (Lipinski definition) is 5. The molecule has 0 N–H and O–H groups in total. The van der Waals surface area contributed by atoms with Gasteiger partial charge in [0.1, 0.15) is 11.5 Å². The second-order valence-electron chi connectivity index (χ2n) is 17.8. The highest BCUT2D eigenvalue weighted by Crippen LogP contribution is 2.62. The highest BCUT2D eigenvalue weighted by Gasteiger charge is 2.52. The van der Waals surface area contributed by atoms with E-state index in [1.54, 1.807) is 0 Å². The predicted octanol–water partition coefficient (Wildman–Crippen LogP) is 14.1. The predicted molar refractivity (Wildman–Crippen MR) is 271 cm³/mol. The van der Waals surface area contributed by atoms with Crippen molar-refractivity contribution >= 4 is 71.1 Å². The lowest BCUT2D eigenvalue weighted by Gasteiger charge is -2.39. The van der Waals surface area contributed by atoms with Gasteiger partial charge in [0.2, 0.25) is 0 Å². The summed E-state index contributed by atoms with van der Waals surface area (Å²) in [6.07, 6.45) is 7.46. The Bertz CT molecular complexity index is 4420. The molecular formula is C60H32N8O. The minimum atomic E-state index is -0.799. The van der Waals surface area contributed by atoms with Gasteiger partial charge in [0.15, 0.2) is 5.69 Å². The first-order chi connectivity index (χ1) is 34.1. The molecule has 7 aromatic carbocycles. The van der Waals surface area contributed by atoms with Crippen molar-refractivity contribution in [3.8, 4) is 46.0 Å². The van der Waals surface area contributed by atoms with Crippen molar-refractivity contribution in [1.82, 2.24) is 28.7 Å². The van der Waals surface area contributed by atoms with E-state index in [0.29, 0.717) is 17.0 Å². The second-order valence-corrected chi connectivity index (χ2v) is 17.8. The van der Waals surface area contributed by atoms with Crippen LogP contribution in [0.15, 0.2) is 195 Å². The van der Waals surface area contributed by atoms with E-state index in [1.807, 2.05) is 73.3 Å². The summed E-state index contributed by atoms with van der Waals surface area (Å²) < 4.78 is 14.1. The first-order valence-corrected chi connectivity index (χ1v) is 22.7. The molecule has 9 nitrogen and oxygen atoms in total. The molecule has 0 radical (unpaired) electrons. The number of rotatable bonds is 3. The first-order valence-electron chi connectivity index (χ1n) is 22.7. The molecular weight excluding hydrogens is 849 g/mol. The number of nitriles is 1. The van der Waals surface area contributed by atoms with Crippen LogP contribution in [-0.2, 0) is 5.41 Å². The Morgan fingerprint density at radius 2 is 0.986 bits per heavy atom. The number of fused-ring (bicyclic) bond motifs is 18. The summed E-state index contributed by atoms with van der Waals surface area (Å²) in [5, 5.41) is 16.6. The fraction of sp³-hybridized carbons (Fsp3) is 0.0167. The molecule has 0 fully saturated rings. The summed E-state index contributed by atoms with van der Waals surface area (Å²) in [6.45, 7) is 7.76. The highest BCUT2D eigenvalue weighted by molar-refractivity contribution is 6.13. The van der Waals surface area contributed by atoms with Crippen molar-refractivity contribution < 1.29 is 4.74 Å². The van der Waals surface area contributed by atoms with Gasteiger partial charge in [-0.05, 0) is 108 Å². The molecule has 7 heterocycles. The van der Waals surface area contributed by atoms with Gasteiger partial charge in [-0.2, -0.15) is 5.26 Å². The molecule has 1 spiro atoms. The van der Waals surface area contributed by atoms with Gasteiger partial charge in [-0.15, -0.1) is 0 Å². The van der Waals surface area contributed by atoms with Crippen molar-refractivity contribution in [2.24, 2.45) is 0 Å². The zero-order valence-electron chi connectivity index (χ0n) is 36.5. The number of nitrogens with zero attached hydrogens (tertiary/aromatic N) is 8. The summed E-state index contributed by atoms with van der Waals surface area (Å²) in [4.78, 5) is 18.2. The average molecular weight is 881 g/mol. The fourth-order valence-corrected chi connectivity index (χ4v) is 11.8. The van der Waals surface area contributed by atoms with Crippen molar-refractivity contribution in [2.45, 2.75) is 5.41 Å². The van der Waals surface area contributed by atoms with Gasteiger partial charge >= 0.3 is 0 Å². The van der Waals surface area contributed by atoms with Crippen molar-refractivity contribution in [3.05, 3.63) is 234 Å². The molecule has 0 bridgehead atoms. The third-order valence-corrected chi connectivity index (χ3v) is 14.5. The molecule has 0 unspecified atom stereocenters. The third-order valence-electron chi connectivity index (χ3n) is 14.5. The van der Waals surface area contributed by atoms with Gasteiger partial charge in [0.05, 0.1) is 74.3 Å². The zero-order chi connectivity index (χ0) is 45.5. The van der Waals surface area contributed by atoms with Gasteiger partial charge in [-0.25, -0.2) is 4.85 Å². The van der Waals surface area contributed by atoms with Crippen LogP contribution < -0.4 is 4.74 Å². The molecule has 0 atom stereocenters. The number of hydrogen-bond donors (Lipinski definition) is 0. The lowest BCUT2D eigenvalue weighted by Crippen LogP contribution is -2.32. The molecule has 15 rings (SSSR count). The molecule has 9 heteroatoms. The van der Waals surface area contributed by atoms with Crippen LogP contribution in [0.1, 0.15) is 27.8 Å². The van der Waals surface area contributed by atoms with Crippen LogP contribution in [0, 0.1) is 17.9 Å². The SMILES string of the molecule is [C-]#[N+]c1ccc2c(c1)c1ccccc1n2-c1ccc2c(c1)Oc1cc(-n3c4ccc(C#N)cc4c4cc(-n5c6ccccc6c6ccncc65)ccc43)ccc1C21c2cccnc2-c2ncccc21. The van der Waals surface area contributed by atoms with Crippen LogP contribution in [0.25, 0.3) is 98.7 Å². The largest absolute Gasteiger partial charge is 0.457 e. The van der Waals surface area contributed by atoms with Crippen molar-refractivity contribution in [1.29, 1.82) is 5.26 Å². The molecule has 1 aliphatic heterocycles. The van der Waals surface area contributed by atoms with Crippen LogP contribution in [-0.4, -0.2) is 28.7 Å². The lowest BCUT2D eigenvalue weighted by atomic mass is 9.66. The third kappa shape index (κ3) is 4.87. The first kappa shape index (κ1) is 37.4. The molecule has 0 amide bonds. The topological polar surface area (TPSA) is 90.8 Å². The minimum absolute atomic E-state index is 0.590. The van der Waals surface area contributed by atoms with E-state index >= 15 is 0 Å². The van der Waals surface area contributed by atoms with Gasteiger partial charge in [0.25, 0.3) is 0 Å². The van der Waals surface area contributed by atoms with Crippen molar-refractivity contribution in [2.75, 3.05) is 0 Å². The number of ether oxygens (including phenoxy) is 1. The lowest BCUT2D eigenvalue weighted by molar-refractivity contribution is 0.436. The van der Waals surface area contributed by atoms with E-state index in [1.165, 1.54) is 0 Å². The van der Waals surface area contributed by atoms with Gasteiger partial charge < -0.3 is 18.4 Å². The average Bonchev–Trinajstić information content (AvgIpc) is 4.12. The van der Waals surface area contributed by atoms with Crippen LogP contribution >= 0.6 is 0 Å². The Labute approximate surface area is 393 Å². The molecule has 318 valence electrons. The standard InChI is InChI=1S/C60H32N8O/c1-62-36-15-22-53-44(29-36)41-9-3-5-13-51(41)66(53)38-16-19-46-56(31-38)69-57-32-39(17-20-47(57)60(46)48-10-6-25-64-58(48)59-49(60)11-7-26-65-59)67-52-21-14-35(33-61)28-43(52)45-30-37(18-23-54(45)67)68-50-12-4-2-8-40(50)42-24-27-63-34-55(42)68/h2-32,34H. The Balaban J connectivity index is 0.975. The summed E-state index contributed by atoms with van der Waals surface area (Å²) in [5.74, 6) is 1.43. The van der Waals surface area contributed by atoms with Crippen LogP contribution in [0.5, 0.6) is 11.5 Å². The minimum Gasteiger partial charge on any atom is -0.457 e. The monoisotopic (exact) mass is 880 g/mol. The molecule has 69 heavy (non-hydrogen) atoms. The highest BCUT2D eigenvalue weighted by atomic mass is 16.5. The molecule has 6 aromatic heterocycles. The summed E-state index contributed by atoms with van der Waals surface area (Å²) in [7, 11) is 0. The van der Waals surface area contributed by atoms with E-state index in [-0.39, 0.29) is 0 Å². The molecule has 1 aliphatic carbocycles. The van der Waals surface area contributed by atoms with Gasteiger partial charge in [-0.1, -0.05) is 66.7 Å². The van der Waals surface area contributed by atoms with Crippen molar-refractivity contribution in [3.63, 3.8) is 0 Å². The molecule has 2 aliphatic rings. The summed E-state index contributed by atoms with van der Waals surface area (Å²) in [5.41, 5.74) is 15.1. The number of benzene rings is 7.